The highest BCUT2D eigenvalue weighted by molar-refractivity contribution is 6.63. The smallest absolute Gasteiger partial charge is 0.495 e. The SMILES string of the molecule is CCOc1ccc(B2OC(C)(C)C(C)(C)O2)c(OC)c1Cl. The van der Waals surface area contributed by atoms with Gasteiger partial charge in [0, 0.05) is 5.46 Å². The Hall–Kier alpha value is -0.905. The van der Waals surface area contributed by atoms with Crippen LogP contribution in [0.3, 0.4) is 0 Å². The van der Waals surface area contributed by atoms with E-state index in [4.69, 9.17) is 30.4 Å². The molecule has 1 aliphatic heterocycles. The van der Waals surface area contributed by atoms with E-state index in [1.54, 1.807) is 7.11 Å². The molecule has 1 aliphatic rings. The Balaban J connectivity index is 2.40. The molecule has 116 valence electrons. The Morgan fingerprint density at radius 2 is 1.71 bits per heavy atom. The Morgan fingerprint density at radius 3 is 2.19 bits per heavy atom. The van der Waals surface area contributed by atoms with Crippen LogP contribution in [0.15, 0.2) is 12.1 Å². The number of ether oxygens (including phenoxy) is 2. The molecule has 0 atom stereocenters. The molecule has 0 bridgehead atoms. The van der Waals surface area contributed by atoms with Gasteiger partial charge in [-0.1, -0.05) is 17.7 Å². The summed E-state index contributed by atoms with van der Waals surface area (Å²) in [5.41, 5.74) is -0.0498. The number of halogens is 1. The van der Waals surface area contributed by atoms with Gasteiger partial charge in [0.15, 0.2) is 0 Å². The van der Waals surface area contributed by atoms with Crippen molar-refractivity contribution in [2.45, 2.75) is 45.8 Å². The van der Waals surface area contributed by atoms with E-state index in [1.165, 1.54) is 0 Å². The van der Waals surface area contributed by atoms with E-state index in [0.29, 0.717) is 23.1 Å². The zero-order valence-corrected chi connectivity index (χ0v) is 14.2. The average Bonchev–Trinajstić information content (AvgIpc) is 2.60. The molecule has 4 nitrogen and oxygen atoms in total. The molecule has 0 N–H and O–H groups in total. The third-order valence-corrected chi connectivity index (χ3v) is 4.46. The van der Waals surface area contributed by atoms with Crippen molar-refractivity contribution in [1.82, 2.24) is 0 Å². The largest absolute Gasteiger partial charge is 0.498 e. The number of hydrogen-bond acceptors (Lipinski definition) is 4. The van der Waals surface area contributed by atoms with Crippen LogP contribution < -0.4 is 14.9 Å². The normalized spacial score (nSPS) is 19.7. The molecule has 1 aromatic rings. The molecule has 0 unspecified atom stereocenters. The van der Waals surface area contributed by atoms with E-state index in [1.807, 2.05) is 46.8 Å². The molecule has 1 aromatic carbocycles. The highest BCUT2D eigenvalue weighted by Crippen LogP contribution is 2.39. The maximum Gasteiger partial charge on any atom is 0.498 e. The summed E-state index contributed by atoms with van der Waals surface area (Å²) in [4.78, 5) is 0. The van der Waals surface area contributed by atoms with Crippen molar-refractivity contribution in [3.63, 3.8) is 0 Å². The molecule has 0 saturated carbocycles. The lowest BCUT2D eigenvalue weighted by Crippen LogP contribution is -2.41. The molecular formula is C15H22BClO4. The van der Waals surface area contributed by atoms with E-state index in [9.17, 15) is 0 Å². The molecule has 2 rings (SSSR count). The predicted molar refractivity (Wildman–Crippen MR) is 84.9 cm³/mol. The van der Waals surface area contributed by atoms with Crippen LogP contribution in [0.5, 0.6) is 11.5 Å². The summed E-state index contributed by atoms with van der Waals surface area (Å²) in [5, 5.41) is 0.437. The van der Waals surface area contributed by atoms with Crippen molar-refractivity contribution in [3.05, 3.63) is 17.2 Å². The Morgan fingerprint density at radius 1 is 1.14 bits per heavy atom. The number of benzene rings is 1. The first-order valence-electron chi connectivity index (χ1n) is 7.08. The van der Waals surface area contributed by atoms with Crippen molar-refractivity contribution in [2.75, 3.05) is 13.7 Å². The van der Waals surface area contributed by atoms with Gasteiger partial charge in [-0.15, -0.1) is 0 Å². The molecule has 0 aliphatic carbocycles. The highest BCUT2D eigenvalue weighted by Gasteiger charge is 2.52. The van der Waals surface area contributed by atoms with Gasteiger partial charge < -0.3 is 18.8 Å². The van der Waals surface area contributed by atoms with Crippen molar-refractivity contribution in [2.24, 2.45) is 0 Å². The van der Waals surface area contributed by atoms with Gasteiger partial charge in [0.2, 0.25) is 0 Å². The van der Waals surface area contributed by atoms with E-state index in [0.717, 1.165) is 5.46 Å². The second-order valence-corrected chi connectivity index (χ2v) is 6.40. The maximum atomic E-state index is 6.35. The minimum absolute atomic E-state index is 0.409. The fourth-order valence-electron chi connectivity index (χ4n) is 2.18. The van der Waals surface area contributed by atoms with Gasteiger partial charge in [-0.3, -0.25) is 0 Å². The molecule has 0 amide bonds. The Kier molecular flexibility index (Phi) is 4.48. The van der Waals surface area contributed by atoms with E-state index in [-0.39, 0.29) is 0 Å². The maximum absolute atomic E-state index is 6.35. The van der Waals surface area contributed by atoms with Gasteiger partial charge in [0.25, 0.3) is 0 Å². The van der Waals surface area contributed by atoms with Gasteiger partial charge in [-0.05, 0) is 40.7 Å². The monoisotopic (exact) mass is 312 g/mol. The van der Waals surface area contributed by atoms with Crippen LogP contribution in [-0.4, -0.2) is 32.0 Å². The van der Waals surface area contributed by atoms with Gasteiger partial charge in [0.1, 0.15) is 16.5 Å². The molecule has 1 fully saturated rings. The van der Waals surface area contributed by atoms with Crippen molar-refractivity contribution in [3.8, 4) is 11.5 Å². The molecular weight excluding hydrogens is 290 g/mol. The first-order valence-corrected chi connectivity index (χ1v) is 7.46. The molecule has 21 heavy (non-hydrogen) atoms. The Labute approximate surface area is 131 Å². The molecule has 6 heteroatoms. The molecule has 0 radical (unpaired) electrons. The third kappa shape index (κ3) is 2.87. The summed E-state index contributed by atoms with van der Waals surface area (Å²) in [7, 11) is 1.06. The van der Waals surface area contributed by atoms with E-state index < -0.39 is 18.3 Å². The van der Waals surface area contributed by atoms with Crippen molar-refractivity contribution in [1.29, 1.82) is 0 Å². The van der Waals surface area contributed by atoms with Crippen LogP contribution in [-0.2, 0) is 9.31 Å². The first-order chi connectivity index (χ1) is 9.73. The highest BCUT2D eigenvalue weighted by atomic mass is 35.5. The summed E-state index contributed by atoms with van der Waals surface area (Å²) in [6.07, 6.45) is 0. The summed E-state index contributed by atoms with van der Waals surface area (Å²) in [5.74, 6) is 1.12. The van der Waals surface area contributed by atoms with Gasteiger partial charge in [-0.2, -0.15) is 0 Å². The van der Waals surface area contributed by atoms with Crippen LogP contribution in [0.25, 0.3) is 0 Å². The number of rotatable bonds is 4. The fourth-order valence-corrected chi connectivity index (χ4v) is 2.49. The fraction of sp³-hybridized carbons (Fsp3) is 0.600. The quantitative estimate of drug-likeness (QED) is 0.801. The molecule has 1 saturated heterocycles. The summed E-state index contributed by atoms with van der Waals surface area (Å²) in [6, 6.07) is 3.69. The van der Waals surface area contributed by atoms with Crippen molar-refractivity contribution >= 4 is 24.2 Å². The van der Waals surface area contributed by atoms with Crippen molar-refractivity contribution < 1.29 is 18.8 Å². The molecule has 0 spiro atoms. The lowest BCUT2D eigenvalue weighted by atomic mass is 9.78. The minimum Gasteiger partial charge on any atom is -0.495 e. The predicted octanol–water partition coefficient (Wildman–Crippen LogP) is 3.05. The number of methoxy groups -OCH3 is 1. The Bertz CT molecular complexity index is 515. The summed E-state index contributed by atoms with van der Waals surface area (Å²) in [6.45, 7) is 10.5. The third-order valence-electron chi connectivity index (χ3n) is 4.10. The molecule has 1 heterocycles. The second kappa shape index (κ2) is 5.71. The zero-order chi connectivity index (χ0) is 15.8. The first kappa shape index (κ1) is 16.5. The topological polar surface area (TPSA) is 36.9 Å². The molecule has 0 aromatic heterocycles. The lowest BCUT2D eigenvalue weighted by molar-refractivity contribution is 0.00578. The summed E-state index contributed by atoms with van der Waals surface area (Å²) >= 11 is 6.35. The van der Waals surface area contributed by atoms with Crippen LogP contribution >= 0.6 is 11.6 Å². The minimum atomic E-state index is -0.516. The number of hydrogen-bond donors (Lipinski definition) is 0. The van der Waals surface area contributed by atoms with Gasteiger partial charge in [0.05, 0.1) is 24.9 Å². The van der Waals surface area contributed by atoms with Gasteiger partial charge in [-0.25, -0.2) is 0 Å². The second-order valence-electron chi connectivity index (χ2n) is 6.02. The zero-order valence-electron chi connectivity index (χ0n) is 13.5. The average molecular weight is 313 g/mol. The lowest BCUT2D eigenvalue weighted by Gasteiger charge is -2.32. The van der Waals surface area contributed by atoms with Crippen LogP contribution in [0.1, 0.15) is 34.6 Å². The van der Waals surface area contributed by atoms with E-state index in [2.05, 4.69) is 0 Å². The summed E-state index contributed by atoms with van der Waals surface area (Å²) < 4.78 is 23.0. The van der Waals surface area contributed by atoms with Crippen LogP contribution in [0.2, 0.25) is 5.02 Å². The van der Waals surface area contributed by atoms with Crippen LogP contribution in [0, 0.1) is 0 Å². The van der Waals surface area contributed by atoms with Gasteiger partial charge >= 0.3 is 7.12 Å². The van der Waals surface area contributed by atoms with E-state index >= 15 is 0 Å². The van der Waals surface area contributed by atoms with Crippen LogP contribution in [0.4, 0.5) is 0 Å². The standard InChI is InChI=1S/C15H22BClO4/c1-7-19-11-9-8-10(13(18-6)12(11)17)16-20-14(2,3)15(4,5)21-16/h8-9H,7H2,1-6H3.